The number of ketones is 1. The lowest BCUT2D eigenvalue weighted by atomic mass is 9.82. The number of hydrogen-bond acceptors (Lipinski definition) is 9. The molecule has 4 aromatic rings. The number of hydrogen-bond donors (Lipinski definition) is 4. The molecule has 0 saturated heterocycles. The fourth-order valence-electron chi connectivity index (χ4n) is 5.59. The van der Waals surface area contributed by atoms with Crippen LogP contribution in [-0.2, 0) is 26.0 Å². The Morgan fingerprint density at radius 1 is 0.960 bits per heavy atom. The lowest BCUT2D eigenvalue weighted by Gasteiger charge is -2.30. The molecule has 0 bridgehead atoms. The van der Waals surface area contributed by atoms with E-state index >= 15 is 0 Å². The van der Waals surface area contributed by atoms with Crippen molar-refractivity contribution in [3.8, 4) is 0 Å². The van der Waals surface area contributed by atoms with Gasteiger partial charge in [0.05, 0.1) is 24.7 Å². The van der Waals surface area contributed by atoms with Crippen LogP contribution in [0.3, 0.4) is 0 Å². The first-order chi connectivity index (χ1) is 24.0. The lowest BCUT2D eigenvalue weighted by Crippen LogP contribution is -2.46. The molecule has 0 aliphatic carbocycles. The maximum absolute atomic E-state index is 14.3. The van der Waals surface area contributed by atoms with Gasteiger partial charge in [-0.1, -0.05) is 74.5 Å². The van der Waals surface area contributed by atoms with Gasteiger partial charge in [-0.3, -0.25) is 9.59 Å². The standard InChI is InChI=1S/C37H44N4O7S2/c1-25(2)19-21-41(50(46,47)30-16-14-28(38)15-17-30)29(23-42)24-49-33-18-20-39-36(44)31(33)22-32(43)35(40-37(45)48-3)34(26-10-6-4-7-11-26)27-12-8-5-9-13-27/h4-18,20,25,29,34-35,42H,19,21-24,38H2,1-3H3,(H,39,44)(H,40,45)/t29-,35-/m1/s1. The minimum atomic E-state index is -4.02. The number of aromatic amines is 1. The van der Waals surface area contributed by atoms with E-state index in [-0.39, 0.29) is 35.1 Å². The molecule has 13 heteroatoms. The predicted molar refractivity (Wildman–Crippen MR) is 196 cm³/mol. The maximum Gasteiger partial charge on any atom is 0.407 e. The molecule has 0 radical (unpaired) electrons. The fourth-order valence-corrected chi connectivity index (χ4v) is 8.47. The van der Waals surface area contributed by atoms with Gasteiger partial charge in [-0.15, -0.1) is 11.8 Å². The number of thioether (sulfide) groups is 1. The Bertz CT molecular complexity index is 1830. The Balaban J connectivity index is 1.66. The molecule has 1 heterocycles. The largest absolute Gasteiger partial charge is 0.453 e. The van der Waals surface area contributed by atoms with Gasteiger partial charge in [0, 0.05) is 47.0 Å². The highest BCUT2D eigenvalue weighted by atomic mass is 32.2. The Morgan fingerprint density at radius 2 is 1.56 bits per heavy atom. The molecule has 0 aliphatic heterocycles. The van der Waals surface area contributed by atoms with Crippen LogP contribution in [0.1, 0.15) is 42.9 Å². The van der Waals surface area contributed by atoms with Crippen LogP contribution in [-0.4, -0.2) is 72.8 Å². The maximum atomic E-state index is 14.3. The van der Waals surface area contributed by atoms with Gasteiger partial charge in [0.15, 0.2) is 5.78 Å². The van der Waals surface area contributed by atoms with Crippen molar-refractivity contribution in [3.63, 3.8) is 0 Å². The van der Waals surface area contributed by atoms with Crippen molar-refractivity contribution in [2.45, 2.75) is 54.5 Å². The van der Waals surface area contributed by atoms with E-state index < -0.39 is 52.1 Å². The third kappa shape index (κ3) is 9.84. The Morgan fingerprint density at radius 3 is 2.10 bits per heavy atom. The Labute approximate surface area is 297 Å². The molecule has 2 atom stereocenters. The van der Waals surface area contributed by atoms with Crippen LogP contribution in [0, 0.1) is 5.92 Å². The minimum absolute atomic E-state index is 0.0527. The van der Waals surface area contributed by atoms with Crippen molar-refractivity contribution in [2.24, 2.45) is 5.92 Å². The SMILES string of the molecule is COC(=O)N[C@H](C(=O)Cc1c(SC[C@@H](CO)N(CCC(C)C)S(=O)(=O)c2ccc(N)cc2)cc[nH]c1=O)C(c1ccccc1)c1ccccc1. The van der Waals surface area contributed by atoms with Gasteiger partial charge in [0.1, 0.15) is 6.04 Å². The summed E-state index contributed by atoms with van der Waals surface area (Å²) in [6, 6.07) is 24.1. The highest BCUT2D eigenvalue weighted by Gasteiger charge is 2.34. The summed E-state index contributed by atoms with van der Waals surface area (Å²) >= 11 is 1.17. The summed E-state index contributed by atoms with van der Waals surface area (Å²) in [5.41, 5.74) is 7.44. The number of benzene rings is 3. The third-order valence-corrected chi connectivity index (χ3v) is 11.5. The number of aliphatic hydroxyl groups excluding tert-OH is 1. The number of aliphatic hydroxyl groups is 1. The summed E-state index contributed by atoms with van der Waals surface area (Å²) in [6.07, 6.45) is 0.869. The van der Waals surface area contributed by atoms with Crippen LogP contribution in [0.5, 0.6) is 0 Å². The molecule has 0 saturated carbocycles. The third-order valence-electron chi connectivity index (χ3n) is 8.29. The number of ether oxygens (including phenoxy) is 1. The van der Waals surface area contributed by atoms with Gasteiger partial charge in [0.2, 0.25) is 10.0 Å². The summed E-state index contributed by atoms with van der Waals surface area (Å²) in [4.78, 5) is 43.3. The summed E-state index contributed by atoms with van der Waals surface area (Å²) in [5, 5.41) is 13.2. The van der Waals surface area contributed by atoms with Crippen LogP contribution in [0.25, 0.3) is 0 Å². The molecule has 0 fully saturated rings. The summed E-state index contributed by atoms with van der Waals surface area (Å²) in [7, 11) is -2.81. The van der Waals surface area contributed by atoms with E-state index in [0.29, 0.717) is 17.0 Å². The molecular weight excluding hydrogens is 677 g/mol. The first-order valence-corrected chi connectivity index (χ1v) is 18.7. The van der Waals surface area contributed by atoms with Crippen molar-refractivity contribution in [1.29, 1.82) is 0 Å². The van der Waals surface area contributed by atoms with Gasteiger partial charge in [0.25, 0.3) is 5.56 Å². The van der Waals surface area contributed by atoms with Gasteiger partial charge in [-0.05, 0) is 53.8 Å². The van der Waals surface area contributed by atoms with Crippen LogP contribution >= 0.6 is 11.8 Å². The van der Waals surface area contributed by atoms with E-state index in [1.165, 1.54) is 53.6 Å². The number of anilines is 1. The molecule has 3 aromatic carbocycles. The number of pyridine rings is 1. The van der Waals surface area contributed by atoms with Crippen LogP contribution in [0.2, 0.25) is 0 Å². The number of nitrogens with two attached hydrogens (primary N) is 1. The van der Waals surface area contributed by atoms with Crippen molar-refractivity contribution in [1.82, 2.24) is 14.6 Å². The number of rotatable bonds is 17. The van der Waals surface area contributed by atoms with Gasteiger partial charge in [-0.25, -0.2) is 13.2 Å². The quantitative estimate of drug-likeness (QED) is 0.0882. The number of sulfonamides is 1. The summed E-state index contributed by atoms with van der Waals surface area (Å²) in [6.45, 7) is 3.66. The molecule has 0 spiro atoms. The minimum Gasteiger partial charge on any atom is -0.453 e. The van der Waals surface area contributed by atoms with Gasteiger partial charge in [-0.2, -0.15) is 4.31 Å². The number of nitrogens with zero attached hydrogens (tertiary/aromatic N) is 1. The van der Waals surface area contributed by atoms with Crippen LogP contribution in [0.4, 0.5) is 10.5 Å². The van der Waals surface area contributed by atoms with Crippen molar-refractivity contribution < 1.29 is 27.9 Å². The monoisotopic (exact) mass is 720 g/mol. The Hall–Kier alpha value is -4.43. The molecule has 4 rings (SSSR count). The zero-order chi connectivity index (χ0) is 36.3. The van der Waals surface area contributed by atoms with Crippen LogP contribution in [0.15, 0.2) is 112 Å². The molecule has 1 amide bonds. The number of nitrogen functional groups attached to an aromatic ring is 1. The number of alkyl carbamates (subject to hydrolysis) is 1. The summed E-state index contributed by atoms with van der Waals surface area (Å²) < 4.78 is 33.9. The smallest absolute Gasteiger partial charge is 0.407 e. The van der Waals surface area contributed by atoms with Crippen molar-refractivity contribution in [3.05, 3.63) is 124 Å². The topological polar surface area (TPSA) is 172 Å². The van der Waals surface area contributed by atoms with Crippen LogP contribution < -0.4 is 16.6 Å². The second kappa shape index (κ2) is 18.0. The summed E-state index contributed by atoms with van der Waals surface area (Å²) in [5.74, 6) is -0.753. The first-order valence-electron chi connectivity index (χ1n) is 16.2. The average molecular weight is 721 g/mol. The highest BCUT2D eigenvalue weighted by Crippen LogP contribution is 2.31. The number of H-pyrrole nitrogens is 1. The zero-order valence-corrected chi connectivity index (χ0v) is 30.0. The number of methoxy groups -OCH3 is 1. The van der Waals surface area contributed by atoms with Gasteiger partial charge >= 0.3 is 6.09 Å². The van der Waals surface area contributed by atoms with E-state index in [9.17, 15) is 27.9 Å². The second-order valence-corrected chi connectivity index (χ2v) is 15.2. The highest BCUT2D eigenvalue weighted by molar-refractivity contribution is 7.99. The molecule has 1 aromatic heterocycles. The number of Topliss-reactive ketones (excluding diaryl/α,β-unsaturated/α-hetero) is 1. The number of nitrogens with one attached hydrogen (secondary N) is 2. The van der Waals surface area contributed by atoms with E-state index in [0.717, 1.165) is 11.1 Å². The van der Waals surface area contributed by atoms with E-state index in [1.54, 1.807) is 6.07 Å². The van der Waals surface area contributed by atoms with Crippen molar-refractivity contribution in [2.75, 3.05) is 31.7 Å². The number of carbonyl (C=O) groups excluding carboxylic acids is 2. The lowest BCUT2D eigenvalue weighted by molar-refractivity contribution is -0.120. The fraction of sp³-hybridized carbons (Fsp3) is 0.324. The zero-order valence-electron chi connectivity index (χ0n) is 28.3. The number of aromatic nitrogens is 1. The van der Waals surface area contributed by atoms with Crippen molar-refractivity contribution >= 4 is 39.3 Å². The van der Waals surface area contributed by atoms with E-state index in [2.05, 4.69) is 10.3 Å². The molecule has 0 aliphatic rings. The molecular formula is C37H44N4O7S2. The predicted octanol–water partition coefficient (Wildman–Crippen LogP) is 4.82. The molecule has 50 heavy (non-hydrogen) atoms. The molecule has 11 nitrogen and oxygen atoms in total. The first kappa shape index (κ1) is 38.4. The second-order valence-electron chi connectivity index (χ2n) is 12.2. The average Bonchev–Trinajstić information content (AvgIpc) is 3.11. The van der Waals surface area contributed by atoms with E-state index in [1.807, 2.05) is 74.5 Å². The normalized spacial score (nSPS) is 12.9. The van der Waals surface area contributed by atoms with Gasteiger partial charge < -0.3 is 25.9 Å². The van der Waals surface area contributed by atoms with E-state index in [4.69, 9.17) is 10.5 Å². The Kier molecular flexibility index (Phi) is 13.8. The number of amides is 1. The number of carbonyl (C=O) groups is 2. The molecule has 266 valence electrons. The molecule has 5 N–H and O–H groups in total. The molecule has 0 unspecified atom stereocenters.